The van der Waals surface area contributed by atoms with Crippen LogP contribution in [0.25, 0.3) is 0 Å². The van der Waals surface area contributed by atoms with E-state index in [1.165, 1.54) is 6.20 Å². The summed E-state index contributed by atoms with van der Waals surface area (Å²) in [5.74, 6) is -0.668. The molecule has 0 radical (unpaired) electrons. The number of rotatable bonds is 10. The van der Waals surface area contributed by atoms with Crippen LogP contribution in [0.2, 0.25) is 0 Å². The summed E-state index contributed by atoms with van der Waals surface area (Å²) >= 11 is 5.21. The third kappa shape index (κ3) is 6.33. The van der Waals surface area contributed by atoms with Crippen molar-refractivity contribution < 1.29 is 18.3 Å². The van der Waals surface area contributed by atoms with Crippen molar-refractivity contribution in [2.75, 3.05) is 6.61 Å². The van der Waals surface area contributed by atoms with E-state index in [0.717, 1.165) is 57.9 Å². The Morgan fingerprint density at radius 1 is 1.33 bits per heavy atom. The molecule has 1 aliphatic rings. The van der Waals surface area contributed by atoms with E-state index in [-0.39, 0.29) is 12.0 Å². The van der Waals surface area contributed by atoms with Crippen molar-refractivity contribution in [1.82, 2.24) is 9.97 Å². The molecule has 1 fully saturated rings. The molecule has 154 valence electrons. The van der Waals surface area contributed by atoms with Gasteiger partial charge in [-0.25, -0.2) is 9.97 Å². The Balaban J connectivity index is 1.99. The second-order valence-electron chi connectivity index (χ2n) is 7.44. The van der Waals surface area contributed by atoms with Crippen LogP contribution in [0.1, 0.15) is 89.3 Å². The van der Waals surface area contributed by atoms with Crippen LogP contribution in [0.15, 0.2) is 12.5 Å². The zero-order valence-electron chi connectivity index (χ0n) is 16.5. The van der Waals surface area contributed by atoms with Crippen molar-refractivity contribution in [3.8, 4) is 0 Å². The molecule has 3 atom stereocenters. The molecule has 1 aromatic rings. The van der Waals surface area contributed by atoms with Crippen LogP contribution < -0.4 is 0 Å². The van der Waals surface area contributed by atoms with E-state index in [2.05, 4.69) is 23.8 Å². The fraction of sp³-hybridized carbons (Fsp3) is 0.800. The highest BCUT2D eigenvalue weighted by molar-refractivity contribution is 6.21. The van der Waals surface area contributed by atoms with Crippen LogP contribution >= 0.6 is 11.6 Å². The molecule has 2 rings (SSSR count). The molecule has 0 aromatic carbocycles. The van der Waals surface area contributed by atoms with Crippen molar-refractivity contribution in [2.45, 2.75) is 95.3 Å². The van der Waals surface area contributed by atoms with Gasteiger partial charge >= 0.3 is 5.38 Å². The van der Waals surface area contributed by atoms with Crippen molar-refractivity contribution in [3.05, 3.63) is 23.8 Å². The van der Waals surface area contributed by atoms with Crippen LogP contribution in [-0.2, 0) is 14.9 Å². The lowest BCUT2D eigenvalue weighted by molar-refractivity contribution is -0.300. The van der Waals surface area contributed by atoms with Gasteiger partial charge in [0.25, 0.3) is 0 Å². The monoisotopic (exact) mass is 404 g/mol. The molecule has 1 aliphatic heterocycles. The van der Waals surface area contributed by atoms with E-state index in [9.17, 15) is 8.78 Å². The quantitative estimate of drug-likeness (QED) is 0.439. The minimum Gasteiger partial charge on any atom is -0.350 e. The van der Waals surface area contributed by atoms with Gasteiger partial charge in [-0.2, -0.15) is 8.78 Å². The second kappa shape index (κ2) is 10.1. The molecule has 4 nitrogen and oxygen atoms in total. The Hall–Kier alpha value is -0.850. The van der Waals surface area contributed by atoms with Crippen molar-refractivity contribution in [3.63, 3.8) is 0 Å². The van der Waals surface area contributed by atoms with Gasteiger partial charge in [-0.15, -0.1) is 0 Å². The number of halogens is 3. The molecule has 0 aliphatic carbocycles. The van der Waals surface area contributed by atoms with Gasteiger partial charge in [0.1, 0.15) is 12.0 Å². The summed E-state index contributed by atoms with van der Waals surface area (Å²) in [5, 5.41) is -3.49. The lowest BCUT2D eigenvalue weighted by Crippen LogP contribution is -2.44. The normalized spacial score (nSPS) is 24.7. The van der Waals surface area contributed by atoms with Gasteiger partial charge in [0.15, 0.2) is 5.79 Å². The molecule has 0 N–H and O–H groups in total. The summed E-state index contributed by atoms with van der Waals surface area (Å²) in [4.78, 5) is 7.60. The summed E-state index contributed by atoms with van der Waals surface area (Å²) in [5.41, 5.74) is -0.000466. The molecule has 7 heteroatoms. The first-order chi connectivity index (χ1) is 12.8. The molecule has 3 unspecified atom stereocenters. The maximum atomic E-state index is 13.6. The number of ether oxygens (including phenoxy) is 2. The van der Waals surface area contributed by atoms with Gasteiger partial charge in [0.2, 0.25) is 0 Å². The fourth-order valence-corrected chi connectivity index (χ4v) is 4.00. The van der Waals surface area contributed by atoms with Crippen LogP contribution in [0.3, 0.4) is 0 Å². The molecule has 0 saturated carbocycles. The first-order valence-electron chi connectivity index (χ1n) is 10.00. The van der Waals surface area contributed by atoms with E-state index in [1.54, 1.807) is 0 Å². The maximum absolute atomic E-state index is 13.6. The molecule has 0 bridgehead atoms. The van der Waals surface area contributed by atoms with Crippen LogP contribution in [0, 0.1) is 0 Å². The van der Waals surface area contributed by atoms with E-state index in [4.69, 9.17) is 21.1 Å². The zero-order valence-corrected chi connectivity index (χ0v) is 17.3. The smallest absolute Gasteiger partial charge is 0.350 e. The molecular formula is C20H31ClF2N2O2. The third-order valence-corrected chi connectivity index (χ3v) is 5.34. The number of hydrogen-bond acceptors (Lipinski definition) is 4. The van der Waals surface area contributed by atoms with Gasteiger partial charge in [-0.3, -0.25) is 0 Å². The molecule has 0 spiro atoms. The topological polar surface area (TPSA) is 44.2 Å². The standard InChI is InChI=1S/C20H31ClF2N2O2/c1-4-7-16-9-12-26-19(27-16,10-5-2)11-6-8-15(3)17-13-24-14-25-18(17)20(21,22)23/h13-16H,4-12H2,1-3H3. The molecule has 2 heterocycles. The molecule has 27 heavy (non-hydrogen) atoms. The maximum Gasteiger partial charge on any atom is 0.365 e. The largest absolute Gasteiger partial charge is 0.365 e. The molecular weight excluding hydrogens is 374 g/mol. The number of hydrogen-bond donors (Lipinski definition) is 0. The van der Waals surface area contributed by atoms with Gasteiger partial charge in [0.05, 0.1) is 12.7 Å². The molecule has 1 saturated heterocycles. The van der Waals surface area contributed by atoms with E-state index < -0.39 is 16.9 Å². The minimum atomic E-state index is -3.49. The van der Waals surface area contributed by atoms with Gasteiger partial charge in [-0.05, 0) is 43.2 Å². The van der Waals surface area contributed by atoms with Gasteiger partial charge < -0.3 is 9.47 Å². The highest BCUT2D eigenvalue weighted by Gasteiger charge is 2.38. The number of nitrogens with zero attached hydrogens (tertiary/aromatic N) is 2. The zero-order chi connectivity index (χ0) is 19.9. The van der Waals surface area contributed by atoms with E-state index in [1.807, 2.05) is 6.92 Å². The van der Waals surface area contributed by atoms with Crippen LogP contribution in [0.4, 0.5) is 8.78 Å². The average molecular weight is 405 g/mol. The summed E-state index contributed by atoms with van der Waals surface area (Å²) in [6.45, 7) is 6.90. The Kier molecular flexibility index (Phi) is 8.38. The van der Waals surface area contributed by atoms with Crippen molar-refractivity contribution in [2.24, 2.45) is 0 Å². The second-order valence-corrected chi connectivity index (χ2v) is 7.92. The number of aromatic nitrogens is 2. The SMILES string of the molecule is CCCC1CCOC(CCC)(CCCC(C)c2cncnc2C(F)(F)Cl)O1. The summed E-state index contributed by atoms with van der Waals surface area (Å²) in [7, 11) is 0. The predicted octanol–water partition coefficient (Wildman–Crippen LogP) is 6.14. The van der Waals surface area contributed by atoms with E-state index in [0.29, 0.717) is 12.0 Å². The lowest BCUT2D eigenvalue weighted by Gasteiger charge is -2.41. The Labute approximate surface area is 166 Å². The van der Waals surface area contributed by atoms with Crippen LogP contribution in [0.5, 0.6) is 0 Å². The Morgan fingerprint density at radius 3 is 2.78 bits per heavy atom. The highest BCUT2D eigenvalue weighted by Crippen LogP contribution is 2.38. The predicted molar refractivity (Wildman–Crippen MR) is 102 cm³/mol. The van der Waals surface area contributed by atoms with Crippen molar-refractivity contribution >= 4 is 11.6 Å². The van der Waals surface area contributed by atoms with Gasteiger partial charge in [0, 0.05) is 24.6 Å². The summed E-state index contributed by atoms with van der Waals surface area (Å²) in [6.07, 6.45) is 9.96. The first kappa shape index (κ1) is 22.4. The average Bonchev–Trinajstić information content (AvgIpc) is 2.62. The molecule has 0 amide bonds. The van der Waals surface area contributed by atoms with Crippen molar-refractivity contribution in [1.29, 1.82) is 0 Å². The lowest BCUT2D eigenvalue weighted by atomic mass is 9.92. The Morgan fingerprint density at radius 2 is 2.11 bits per heavy atom. The number of alkyl halides is 3. The summed E-state index contributed by atoms with van der Waals surface area (Å²) < 4.78 is 39.6. The van der Waals surface area contributed by atoms with Crippen LogP contribution in [-0.4, -0.2) is 28.5 Å². The van der Waals surface area contributed by atoms with E-state index >= 15 is 0 Å². The summed E-state index contributed by atoms with van der Waals surface area (Å²) in [6, 6.07) is 0. The third-order valence-electron chi connectivity index (χ3n) is 5.16. The molecule has 1 aromatic heterocycles. The Bertz CT molecular complexity index is 579. The fourth-order valence-electron chi connectivity index (χ4n) is 3.84. The minimum absolute atomic E-state index is 0.125. The van der Waals surface area contributed by atoms with Gasteiger partial charge in [-0.1, -0.05) is 33.6 Å². The highest BCUT2D eigenvalue weighted by atomic mass is 35.5. The first-order valence-corrected chi connectivity index (χ1v) is 10.4.